The highest BCUT2D eigenvalue weighted by molar-refractivity contribution is 5.29. The molecule has 0 saturated carbocycles. The average Bonchev–Trinajstić information content (AvgIpc) is 2.88. The van der Waals surface area contributed by atoms with Crippen molar-refractivity contribution in [1.82, 2.24) is 25.0 Å². The zero-order valence-corrected chi connectivity index (χ0v) is 10.4. The lowest BCUT2D eigenvalue weighted by Crippen LogP contribution is -2.30. The van der Waals surface area contributed by atoms with Crippen molar-refractivity contribution in [3.8, 4) is 0 Å². The summed E-state index contributed by atoms with van der Waals surface area (Å²) < 4.78 is 3.63. The van der Waals surface area contributed by atoms with Gasteiger partial charge >= 0.3 is 0 Å². The van der Waals surface area contributed by atoms with Crippen molar-refractivity contribution in [3.05, 3.63) is 35.4 Å². The van der Waals surface area contributed by atoms with Crippen LogP contribution in [0.4, 0.5) is 0 Å². The Balaban J connectivity index is 2.45. The highest BCUT2D eigenvalue weighted by atomic mass is 15.3. The highest BCUT2D eigenvalue weighted by Crippen LogP contribution is 2.23. The number of nitrogens with one attached hydrogen (secondary N) is 1. The fourth-order valence-corrected chi connectivity index (χ4v) is 2.07. The molecule has 0 aliphatic carbocycles. The van der Waals surface area contributed by atoms with Crippen LogP contribution in [-0.4, -0.2) is 19.6 Å². The van der Waals surface area contributed by atoms with E-state index >= 15 is 0 Å². The van der Waals surface area contributed by atoms with Crippen LogP contribution in [0.25, 0.3) is 0 Å². The van der Waals surface area contributed by atoms with Gasteiger partial charge < -0.3 is 0 Å². The molecule has 92 valence electrons. The fraction of sp³-hybridized carbons (Fsp3) is 0.455. The predicted molar refractivity (Wildman–Crippen MR) is 65.0 cm³/mol. The molecule has 0 aliphatic heterocycles. The number of rotatable bonds is 4. The Bertz CT molecular complexity index is 498. The van der Waals surface area contributed by atoms with E-state index in [0.717, 1.165) is 23.4 Å². The molecule has 17 heavy (non-hydrogen) atoms. The van der Waals surface area contributed by atoms with Crippen molar-refractivity contribution < 1.29 is 0 Å². The molecule has 0 fully saturated rings. The molecule has 0 spiro atoms. The predicted octanol–water partition coefficient (Wildman–Crippen LogP) is 0.269. The Morgan fingerprint density at radius 1 is 1.47 bits per heavy atom. The van der Waals surface area contributed by atoms with Crippen molar-refractivity contribution in [2.75, 3.05) is 0 Å². The second kappa shape index (κ2) is 4.68. The minimum absolute atomic E-state index is 0.0776. The standard InChI is InChI=1S/C11H18N6/c1-4-9-8(7-16(2)15-9)11(14-12)10-5-6-13-17(10)3/h5-7,11,14H,4,12H2,1-3H3. The SMILES string of the molecule is CCc1nn(C)cc1C(NN)c1ccnn1C. The van der Waals surface area contributed by atoms with Crippen LogP contribution >= 0.6 is 0 Å². The number of nitrogens with two attached hydrogens (primary N) is 1. The summed E-state index contributed by atoms with van der Waals surface area (Å²) in [6.45, 7) is 2.09. The second-order valence-electron chi connectivity index (χ2n) is 4.04. The maximum absolute atomic E-state index is 5.67. The summed E-state index contributed by atoms with van der Waals surface area (Å²) in [5.74, 6) is 5.67. The molecule has 2 aromatic heterocycles. The summed E-state index contributed by atoms with van der Waals surface area (Å²) >= 11 is 0. The first kappa shape index (κ1) is 11.8. The molecule has 2 rings (SSSR count). The van der Waals surface area contributed by atoms with Crippen LogP contribution in [0.5, 0.6) is 0 Å². The van der Waals surface area contributed by atoms with Crippen molar-refractivity contribution >= 4 is 0 Å². The van der Waals surface area contributed by atoms with Crippen LogP contribution in [0.1, 0.15) is 29.9 Å². The Hall–Kier alpha value is -1.66. The van der Waals surface area contributed by atoms with Crippen molar-refractivity contribution in [2.24, 2.45) is 19.9 Å². The fourth-order valence-electron chi connectivity index (χ4n) is 2.07. The first-order valence-corrected chi connectivity index (χ1v) is 5.63. The van der Waals surface area contributed by atoms with Gasteiger partial charge in [-0.3, -0.25) is 15.2 Å². The lowest BCUT2D eigenvalue weighted by Gasteiger charge is -2.15. The van der Waals surface area contributed by atoms with Crippen LogP contribution in [0.15, 0.2) is 18.5 Å². The van der Waals surface area contributed by atoms with Crippen molar-refractivity contribution in [1.29, 1.82) is 0 Å². The van der Waals surface area contributed by atoms with Crippen LogP contribution in [0.2, 0.25) is 0 Å². The van der Waals surface area contributed by atoms with Gasteiger partial charge in [0.1, 0.15) is 0 Å². The summed E-state index contributed by atoms with van der Waals surface area (Å²) in [6, 6.07) is 1.88. The molecule has 0 saturated heterocycles. The van der Waals surface area contributed by atoms with Crippen LogP contribution in [-0.2, 0) is 20.5 Å². The van der Waals surface area contributed by atoms with E-state index in [0.29, 0.717) is 0 Å². The number of aryl methyl sites for hydroxylation is 3. The van der Waals surface area contributed by atoms with Gasteiger partial charge in [-0.15, -0.1) is 0 Å². The van der Waals surface area contributed by atoms with Crippen LogP contribution < -0.4 is 11.3 Å². The summed E-state index contributed by atoms with van der Waals surface area (Å²) in [4.78, 5) is 0. The molecule has 0 bridgehead atoms. The molecule has 0 amide bonds. The molecule has 6 heteroatoms. The van der Waals surface area contributed by atoms with Crippen LogP contribution in [0, 0.1) is 0 Å². The topological polar surface area (TPSA) is 73.7 Å². The molecule has 1 atom stereocenters. The number of aromatic nitrogens is 4. The number of nitrogens with zero attached hydrogens (tertiary/aromatic N) is 4. The zero-order chi connectivity index (χ0) is 12.4. The second-order valence-corrected chi connectivity index (χ2v) is 4.04. The van der Waals surface area contributed by atoms with Crippen molar-refractivity contribution in [3.63, 3.8) is 0 Å². The first-order chi connectivity index (χ1) is 8.17. The first-order valence-electron chi connectivity index (χ1n) is 5.63. The van der Waals surface area contributed by atoms with E-state index < -0.39 is 0 Å². The van der Waals surface area contributed by atoms with E-state index in [2.05, 4.69) is 22.5 Å². The summed E-state index contributed by atoms with van der Waals surface area (Å²) in [6.07, 6.45) is 4.64. The minimum atomic E-state index is -0.0776. The largest absolute Gasteiger partial charge is 0.275 e. The van der Waals surface area contributed by atoms with Gasteiger partial charge in [-0.25, -0.2) is 5.43 Å². The van der Waals surface area contributed by atoms with Gasteiger partial charge in [-0.1, -0.05) is 6.92 Å². The van der Waals surface area contributed by atoms with Gasteiger partial charge in [-0.05, 0) is 12.5 Å². The quantitative estimate of drug-likeness (QED) is 0.588. The smallest absolute Gasteiger partial charge is 0.0911 e. The van der Waals surface area contributed by atoms with Gasteiger partial charge in [-0.2, -0.15) is 10.2 Å². The van der Waals surface area contributed by atoms with E-state index in [9.17, 15) is 0 Å². The maximum atomic E-state index is 5.67. The monoisotopic (exact) mass is 234 g/mol. The number of hydrogen-bond acceptors (Lipinski definition) is 4. The molecule has 0 aromatic carbocycles. The summed E-state index contributed by atoms with van der Waals surface area (Å²) in [7, 11) is 3.82. The van der Waals surface area contributed by atoms with Gasteiger partial charge in [0.25, 0.3) is 0 Å². The third kappa shape index (κ3) is 2.09. The van der Waals surface area contributed by atoms with E-state index in [-0.39, 0.29) is 6.04 Å². The third-order valence-corrected chi connectivity index (χ3v) is 2.90. The van der Waals surface area contributed by atoms with E-state index in [1.807, 2.05) is 35.7 Å². The maximum Gasteiger partial charge on any atom is 0.0911 e. The molecule has 2 aromatic rings. The lowest BCUT2D eigenvalue weighted by molar-refractivity contribution is 0.571. The van der Waals surface area contributed by atoms with Gasteiger partial charge in [0, 0.05) is 32.1 Å². The normalized spacial score (nSPS) is 12.9. The minimum Gasteiger partial charge on any atom is -0.275 e. The highest BCUT2D eigenvalue weighted by Gasteiger charge is 2.20. The van der Waals surface area contributed by atoms with Crippen molar-refractivity contribution in [2.45, 2.75) is 19.4 Å². The van der Waals surface area contributed by atoms with Crippen LogP contribution in [0.3, 0.4) is 0 Å². The van der Waals surface area contributed by atoms with Gasteiger partial charge in [0.15, 0.2) is 0 Å². The molecule has 1 unspecified atom stereocenters. The Labute approximate surface area is 100 Å². The molecule has 0 radical (unpaired) electrons. The Morgan fingerprint density at radius 2 is 2.24 bits per heavy atom. The molecule has 6 nitrogen and oxygen atoms in total. The zero-order valence-electron chi connectivity index (χ0n) is 10.4. The van der Waals surface area contributed by atoms with Gasteiger partial charge in [0.2, 0.25) is 0 Å². The third-order valence-electron chi connectivity index (χ3n) is 2.90. The molecule has 2 heterocycles. The Morgan fingerprint density at radius 3 is 2.76 bits per heavy atom. The van der Waals surface area contributed by atoms with E-state index in [4.69, 9.17) is 5.84 Å². The average molecular weight is 234 g/mol. The number of hydrogen-bond donors (Lipinski definition) is 2. The Kier molecular flexibility index (Phi) is 3.26. The van der Waals surface area contributed by atoms with Gasteiger partial charge in [0.05, 0.1) is 17.4 Å². The van der Waals surface area contributed by atoms with E-state index in [1.54, 1.807) is 6.20 Å². The molecule has 0 aliphatic rings. The molecular formula is C11H18N6. The van der Waals surface area contributed by atoms with E-state index in [1.165, 1.54) is 0 Å². The summed E-state index contributed by atoms with van der Waals surface area (Å²) in [5.41, 5.74) is 6.01. The molecular weight excluding hydrogens is 216 g/mol. The number of hydrazine groups is 1. The summed E-state index contributed by atoms with van der Waals surface area (Å²) in [5, 5.41) is 8.60. The lowest BCUT2D eigenvalue weighted by atomic mass is 10.0. The molecule has 3 N–H and O–H groups in total.